The predicted molar refractivity (Wildman–Crippen MR) is 72.3 cm³/mol. The number of para-hydroxylation sites is 2. The maximum absolute atomic E-state index is 10.9. The third-order valence-electron chi connectivity index (χ3n) is 2.23. The molecule has 0 bridgehead atoms. The van der Waals surface area contributed by atoms with Crippen LogP contribution >= 0.6 is 0 Å². The first-order valence-electron chi connectivity index (χ1n) is 5.40. The summed E-state index contributed by atoms with van der Waals surface area (Å²) in [6.07, 6.45) is 5.30. The summed E-state index contributed by atoms with van der Waals surface area (Å²) in [7, 11) is 1.48. The largest absolute Gasteiger partial charge is 0.465 e. The fourth-order valence-electron chi connectivity index (χ4n) is 1.28. The van der Waals surface area contributed by atoms with E-state index in [2.05, 4.69) is 23.2 Å². The highest BCUT2D eigenvalue weighted by Crippen LogP contribution is 2.24. The van der Waals surface area contributed by atoms with Gasteiger partial charge in [-0.1, -0.05) is 18.1 Å². The van der Waals surface area contributed by atoms with Crippen LogP contribution < -0.4 is 10.2 Å². The zero-order valence-electron chi connectivity index (χ0n) is 10.1. The molecule has 0 heterocycles. The van der Waals surface area contributed by atoms with E-state index in [0.29, 0.717) is 24.2 Å². The zero-order valence-corrected chi connectivity index (χ0v) is 10.1. The van der Waals surface area contributed by atoms with Gasteiger partial charge in [-0.2, -0.15) is 0 Å². The third-order valence-corrected chi connectivity index (χ3v) is 2.23. The number of amides is 1. The Kier molecular flexibility index (Phi) is 5.15. The van der Waals surface area contributed by atoms with Gasteiger partial charge in [-0.15, -0.1) is 12.3 Å². The molecule has 0 saturated carbocycles. The number of terminal acetylenes is 1. The van der Waals surface area contributed by atoms with Crippen LogP contribution in [0, 0.1) is 24.3 Å². The molecule has 0 radical (unpaired) electrons. The molecule has 0 aromatic heterocycles. The normalized spacial score (nSPS) is 8.67. The van der Waals surface area contributed by atoms with E-state index in [4.69, 9.17) is 11.5 Å². The van der Waals surface area contributed by atoms with Crippen LogP contribution in [0.3, 0.4) is 0 Å². The zero-order chi connectivity index (χ0) is 13.4. The molecule has 0 unspecified atom stereocenters. The average molecular weight is 242 g/mol. The van der Waals surface area contributed by atoms with Crippen LogP contribution in [-0.2, 0) is 0 Å². The van der Waals surface area contributed by atoms with Crippen molar-refractivity contribution in [2.75, 3.05) is 17.3 Å². The van der Waals surface area contributed by atoms with Crippen LogP contribution in [0.5, 0.6) is 0 Å². The van der Waals surface area contributed by atoms with Gasteiger partial charge >= 0.3 is 6.09 Å². The van der Waals surface area contributed by atoms with E-state index in [1.54, 1.807) is 18.2 Å². The highest BCUT2D eigenvalue weighted by Gasteiger charge is 2.11. The number of benzene rings is 1. The molecule has 4 heteroatoms. The van der Waals surface area contributed by atoms with Crippen LogP contribution in [0.25, 0.3) is 0 Å². The maximum atomic E-state index is 10.9. The van der Waals surface area contributed by atoms with Crippen molar-refractivity contribution in [2.24, 2.45) is 0 Å². The summed E-state index contributed by atoms with van der Waals surface area (Å²) in [5.74, 6) is 5.36. The second kappa shape index (κ2) is 6.88. The molecule has 0 spiro atoms. The van der Waals surface area contributed by atoms with E-state index in [-0.39, 0.29) is 0 Å². The smallest absolute Gasteiger partial charge is 0.411 e. The lowest BCUT2D eigenvalue weighted by molar-refractivity contribution is 0.203. The van der Waals surface area contributed by atoms with Gasteiger partial charge in [0.1, 0.15) is 0 Å². The fraction of sp³-hybridized carbons (Fsp3) is 0.214. The number of hydrogen-bond donors (Lipinski definition) is 2. The number of nitrogens with one attached hydrogen (secondary N) is 1. The molecule has 92 valence electrons. The van der Waals surface area contributed by atoms with Crippen molar-refractivity contribution in [1.82, 2.24) is 0 Å². The molecule has 0 aliphatic rings. The first-order chi connectivity index (χ1) is 8.66. The lowest BCUT2D eigenvalue weighted by Crippen LogP contribution is -2.24. The monoisotopic (exact) mass is 242 g/mol. The quantitative estimate of drug-likeness (QED) is 0.486. The van der Waals surface area contributed by atoms with Gasteiger partial charge in [-0.05, 0) is 12.1 Å². The van der Waals surface area contributed by atoms with Gasteiger partial charge in [-0.25, -0.2) is 4.79 Å². The fourth-order valence-corrected chi connectivity index (χ4v) is 1.28. The molecule has 4 nitrogen and oxygen atoms in total. The molecule has 2 N–H and O–H groups in total. The van der Waals surface area contributed by atoms with Crippen molar-refractivity contribution in [2.45, 2.75) is 12.8 Å². The van der Waals surface area contributed by atoms with Gasteiger partial charge < -0.3 is 10.4 Å². The molecular formula is C14H14N2O2. The Morgan fingerprint density at radius 3 is 2.83 bits per heavy atom. The van der Waals surface area contributed by atoms with Crippen LogP contribution in [0.15, 0.2) is 24.3 Å². The SMILES string of the molecule is C#CCCC#CNc1ccccc1N(C)C(=O)O. The second-order valence-electron chi connectivity index (χ2n) is 3.49. The highest BCUT2D eigenvalue weighted by atomic mass is 16.4. The Labute approximate surface area is 107 Å². The van der Waals surface area contributed by atoms with Crippen LogP contribution in [0.4, 0.5) is 16.2 Å². The average Bonchev–Trinajstić information content (AvgIpc) is 2.38. The van der Waals surface area contributed by atoms with Gasteiger partial charge in [0, 0.05) is 25.9 Å². The van der Waals surface area contributed by atoms with E-state index >= 15 is 0 Å². The number of carboxylic acid groups (broad SMARTS) is 1. The lowest BCUT2D eigenvalue weighted by atomic mass is 10.2. The molecular weight excluding hydrogens is 228 g/mol. The van der Waals surface area contributed by atoms with Crippen LogP contribution in [-0.4, -0.2) is 18.2 Å². The molecule has 1 amide bonds. The topological polar surface area (TPSA) is 52.6 Å². The summed E-state index contributed by atoms with van der Waals surface area (Å²) in [5.41, 5.74) is 1.20. The Bertz CT molecular complexity index is 521. The van der Waals surface area contributed by atoms with Gasteiger partial charge in [0.2, 0.25) is 0 Å². The first-order valence-corrected chi connectivity index (χ1v) is 5.40. The number of hydrogen-bond acceptors (Lipinski definition) is 2. The molecule has 0 aliphatic carbocycles. The Hall–Kier alpha value is -2.59. The number of anilines is 2. The summed E-state index contributed by atoms with van der Waals surface area (Å²) in [4.78, 5) is 12.0. The van der Waals surface area contributed by atoms with Crippen LogP contribution in [0.2, 0.25) is 0 Å². The number of carbonyl (C=O) groups is 1. The molecule has 1 aromatic rings. The summed E-state index contributed by atoms with van der Waals surface area (Å²) >= 11 is 0. The predicted octanol–water partition coefficient (Wildman–Crippen LogP) is 2.59. The summed E-state index contributed by atoms with van der Waals surface area (Å²) < 4.78 is 0. The first kappa shape index (κ1) is 13.5. The number of nitrogens with zero attached hydrogens (tertiary/aromatic N) is 1. The van der Waals surface area contributed by atoms with E-state index in [1.807, 2.05) is 6.07 Å². The van der Waals surface area contributed by atoms with Gasteiger partial charge in [0.25, 0.3) is 0 Å². The Morgan fingerprint density at radius 2 is 2.17 bits per heavy atom. The minimum atomic E-state index is -1.02. The molecule has 18 heavy (non-hydrogen) atoms. The highest BCUT2D eigenvalue weighted by molar-refractivity contribution is 5.90. The lowest BCUT2D eigenvalue weighted by Gasteiger charge is -2.16. The van der Waals surface area contributed by atoms with E-state index in [1.165, 1.54) is 7.05 Å². The summed E-state index contributed by atoms with van der Waals surface area (Å²) in [6.45, 7) is 0. The van der Waals surface area contributed by atoms with Gasteiger partial charge in [0.05, 0.1) is 11.4 Å². The van der Waals surface area contributed by atoms with Crippen molar-refractivity contribution >= 4 is 17.5 Å². The Balaban J connectivity index is 2.79. The molecule has 0 atom stereocenters. The van der Waals surface area contributed by atoms with Crippen LogP contribution in [0.1, 0.15) is 12.8 Å². The molecule has 1 rings (SSSR count). The number of unbranched alkanes of at least 4 members (excludes halogenated alkanes) is 1. The van der Waals surface area contributed by atoms with E-state index in [0.717, 1.165) is 4.90 Å². The molecule has 0 aliphatic heterocycles. The summed E-state index contributed by atoms with van der Waals surface area (Å²) in [5, 5.41) is 11.8. The maximum Gasteiger partial charge on any atom is 0.411 e. The Morgan fingerprint density at radius 1 is 1.44 bits per heavy atom. The molecule has 1 aromatic carbocycles. The van der Waals surface area contributed by atoms with Gasteiger partial charge in [-0.3, -0.25) is 4.90 Å². The second-order valence-corrected chi connectivity index (χ2v) is 3.49. The van der Waals surface area contributed by atoms with E-state index < -0.39 is 6.09 Å². The van der Waals surface area contributed by atoms with Crippen molar-refractivity contribution in [3.63, 3.8) is 0 Å². The van der Waals surface area contributed by atoms with Crippen molar-refractivity contribution in [1.29, 1.82) is 0 Å². The standard InChI is InChI=1S/C14H14N2O2/c1-3-4-5-8-11-15-12-9-6-7-10-13(12)16(2)14(17)18/h1,6-7,9-10,15H,4-5H2,2H3,(H,17,18). The van der Waals surface area contributed by atoms with E-state index in [9.17, 15) is 4.79 Å². The molecule has 0 fully saturated rings. The number of rotatable bonds is 3. The van der Waals surface area contributed by atoms with Crippen molar-refractivity contribution < 1.29 is 9.90 Å². The minimum absolute atomic E-state index is 0.552. The third kappa shape index (κ3) is 3.77. The van der Waals surface area contributed by atoms with Gasteiger partial charge in [0.15, 0.2) is 0 Å². The van der Waals surface area contributed by atoms with Crippen molar-refractivity contribution in [3.8, 4) is 24.3 Å². The molecule has 0 saturated heterocycles. The van der Waals surface area contributed by atoms with Crippen molar-refractivity contribution in [3.05, 3.63) is 24.3 Å². The summed E-state index contributed by atoms with van der Waals surface area (Å²) in [6, 6.07) is 9.81. The minimum Gasteiger partial charge on any atom is -0.465 e.